The fourth-order valence-corrected chi connectivity index (χ4v) is 1.35. The van der Waals surface area contributed by atoms with E-state index in [2.05, 4.69) is 10.0 Å². The zero-order valence-corrected chi connectivity index (χ0v) is 8.43. The summed E-state index contributed by atoms with van der Waals surface area (Å²) in [7, 11) is 0. The molecule has 74 valence electrons. The van der Waals surface area contributed by atoms with Crippen LogP contribution in [-0.4, -0.2) is 12.3 Å². The Morgan fingerprint density at radius 2 is 2.00 bits per heavy atom. The summed E-state index contributed by atoms with van der Waals surface area (Å²) in [4.78, 5) is 21.6. The van der Waals surface area contributed by atoms with Crippen LogP contribution in [0.3, 0.4) is 0 Å². The molecule has 0 aromatic heterocycles. The lowest BCUT2D eigenvalue weighted by Gasteiger charge is -2.02. The number of hydrogen-bond acceptors (Lipinski definition) is 3. The van der Waals surface area contributed by atoms with Gasteiger partial charge >= 0.3 is 0 Å². The number of nitrogens with one attached hydrogen (secondary N) is 2. The van der Waals surface area contributed by atoms with Gasteiger partial charge in [-0.2, -0.15) is 0 Å². The van der Waals surface area contributed by atoms with E-state index in [0.29, 0.717) is 6.41 Å². The summed E-state index contributed by atoms with van der Waals surface area (Å²) in [6.07, 6.45) is 0.621. The zero-order valence-electron chi connectivity index (χ0n) is 7.61. The zero-order chi connectivity index (χ0) is 10.4. The largest absolute Gasteiger partial charge is 0.329 e. The first-order chi connectivity index (χ1) is 6.72. The van der Waals surface area contributed by atoms with E-state index in [9.17, 15) is 9.59 Å². The highest BCUT2D eigenvalue weighted by Gasteiger charge is 1.95. The molecule has 0 aliphatic carbocycles. The molecule has 0 heterocycles. The minimum atomic E-state index is -0.0925. The highest BCUT2D eigenvalue weighted by Crippen LogP contribution is 2.17. The van der Waals surface area contributed by atoms with Gasteiger partial charge in [0.2, 0.25) is 12.3 Å². The molecular formula is C9H10N2O2S. The standard InChI is InChI=1S/C9H10N2O2S/c1-7(13)11-14-9-4-2-8(3-5-9)10-6-12/h2-6H,1H3,(H,10,12)(H,11,13). The first kappa shape index (κ1) is 10.6. The summed E-state index contributed by atoms with van der Waals surface area (Å²) in [5, 5.41) is 2.52. The summed E-state index contributed by atoms with van der Waals surface area (Å²) in [5.41, 5.74) is 0.729. The number of anilines is 1. The van der Waals surface area contributed by atoms with Crippen LogP contribution < -0.4 is 10.0 Å². The minimum Gasteiger partial charge on any atom is -0.329 e. The van der Waals surface area contributed by atoms with Gasteiger partial charge in [0.1, 0.15) is 0 Å². The Morgan fingerprint density at radius 3 is 2.50 bits per heavy atom. The van der Waals surface area contributed by atoms with Gasteiger partial charge in [0, 0.05) is 17.5 Å². The quantitative estimate of drug-likeness (QED) is 0.583. The summed E-state index contributed by atoms with van der Waals surface area (Å²) >= 11 is 1.24. The topological polar surface area (TPSA) is 58.2 Å². The van der Waals surface area contributed by atoms with Crippen molar-refractivity contribution in [3.05, 3.63) is 24.3 Å². The van der Waals surface area contributed by atoms with E-state index in [1.54, 1.807) is 12.1 Å². The Labute approximate surface area is 86.2 Å². The van der Waals surface area contributed by atoms with Crippen molar-refractivity contribution >= 4 is 30.0 Å². The Bertz CT molecular complexity index is 324. The van der Waals surface area contributed by atoms with Gasteiger partial charge in [-0.1, -0.05) is 0 Å². The monoisotopic (exact) mass is 210 g/mol. The van der Waals surface area contributed by atoms with Crippen molar-refractivity contribution < 1.29 is 9.59 Å². The van der Waals surface area contributed by atoms with Gasteiger partial charge in [0.05, 0.1) is 0 Å². The van der Waals surface area contributed by atoms with Crippen molar-refractivity contribution in [2.75, 3.05) is 5.32 Å². The molecule has 2 N–H and O–H groups in total. The third-order valence-corrected chi connectivity index (χ3v) is 2.29. The van der Waals surface area contributed by atoms with Crippen molar-refractivity contribution in [2.24, 2.45) is 0 Å². The van der Waals surface area contributed by atoms with E-state index >= 15 is 0 Å². The van der Waals surface area contributed by atoms with Crippen molar-refractivity contribution in [1.82, 2.24) is 4.72 Å². The van der Waals surface area contributed by atoms with E-state index < -0.39 is 0 Å². The van der Waals surface area contributed by atoms with Crippen LogP contribution in [0.15, 0.2) is 29.2 Å². The molecule has 1 aromatic carbocycles. The van der Waals surface area contributed by atoms with Gasteiger partial charge < -0.3 is 5.32 Å². The summed E-state index contributed by atoms with van der Waals surface area (Å²) in [6.45, 7) is 1.45. The highest BCUT2D eigenvalue weighted by molar-refractivity contribution is 7.98. The molecule has 1 rings (SSSR count). The SMILES string of the molecule is CC(=O)NSc1ccc(NC=O)cc1. The third kappa shape index (κ3) is 3.49. The average molecular weight is 210 g/mol. The Balaban J connectivity index is 2.54. The van der Waals surface area contributed by atoms with Crippen molar-refractivity contribution in [1.29, 1.82) is 0 Å². The van der Waals surface area contributed by atoms with Gasteiger partial charge in [-0.05, 0) is 36.2 Å². The molecule has 0 fully saturated rings. The molecule has 0 aliphatic heterocycles. The maximum atomic E-state index is 10.6. The van der Waals surface area contributed by atoms with Crippen LogP contribution >= 0.6 is 11.9 Å². The molecule has 4 nitrogen and oxygen atoms in total. The molecular weight excluding hydrogens is 200 g/mol. The van der Waals surface area contributed by atoms with Crippen molar-refractivity contribution in [3.63, 3.8) is 0 Å². The number of amides is 2. The normalized spacial score (nSPS) is 9.21. The molecule has 0 atom stereocenters. The second-order valence-electron chi connectivity index (χ2n) is 2.55. The Kier molecular flexibility index (Phi) is 4.00. The predicted octanol–water partition coefficient (Wildman–Crippen LogP) is 1.40. The summed E-state index contributed by atoms with van der Waals surface area (Å²) in [5.74, 6) is -0.0925. The van der Waals surface area contributed by atoms with Crippen LogP contribution in [0.25, 0.3) is 0 Å². The maximum absolute atomic E-state index is 10.6. The van der Waals surface area contributed by atoms with E-state index in [4.69, 9.17) is 0 Å². The first-order valence-electron chi connectivity index (χ1n) is 3.96. The van der Waals surface area contributed by atoms with E-state index in [1.165, 1.54) is 18.9 Å². The number of hydrogen-bond donors (Lipinski definition) is 2. The van der Waals surface area contributed by atoms with Crippen LogP contribution in [0.2, 0.25) is 0 Å². The fraction of sp³-hybridized carbons (Fsp3) is 0.111. The number of rotatable bonds is 4. The molecule has 0 unspecified atom stereocenters. The van der Waals surface area contributed by atoms with Crippen LogP contribution in [0, 0.1) is 0 Å². The second kappa shape index (κ2) is 5.29. The Hall–Kier alpha value is -1.49. The van der Waals surface area contributed by atoms with E-state index in [-0.39, 0.29) is 5.91 Å². The first-order valence-corrected chi connectivity index (χ1v) is 4.77. The lowest BCUT2D eigenvalue weighted by atomic mass is 10.3. The van der Waals surface area contributed by atoms with Crippen LogP contribution in [0.4, 0.5) is 5.69 Å². The maximum Gasteiger partial charge on any atom is 0.226 e. The molecule has 0 saturated carbocycles. The van der Waals surface area contributed by atoms with Crippen LogP contribution in [0.5, 0.6) is 0 Å². The second-order valence-corrected chi connectivity index (χ2v) is 3.43. The van der Waals surface area contributed by atoms with Gasteiger partial charge in [0.25, 0.3) is 0 Å². The molecule has 0 saturated heterocycles. The fourth-order valence-electron chi connectivity index (χ4n) is 0.818. The molecule has 0 aliphatic rings. The van der Waals surface area contributed by atoms with E-state index in [1.807, 2.05) is 12.1 Å². The Morgan fingerprint density at radius 1 is 1.36 bits per heavy atom. The molecule has 5 heteroatoms. The average Bonchev–Trinajstić information content (AvgIpc) is 2.17. The molecule has 0 radical (unpaired) electrons. The molecule has 14 heavy (non-hydrogen) atoms. The highest BCUT2D eigenvalue weighted by atomic mass is 32.2. The predicted molar refractivity (Wildman–Crippen MR) is 55.8 cm³/mol. The van der Waals surface area contributed by atoms with Gasteiger partial charge in [-0.3, -0.25) is 14.3 Å². The number of benzene rings is 1. The summed E-state index contributed by atoms with van der Waals surface area (Å²) in [6, 6.07) is 7.15. The minimum absolute atomic E-state index is 0.0925. The van der Waals surface area contributed by atoms with Gasteiger partial charge in [-0.15, -0.1) is 0 Å². The van der Waals surface area contributed by atoms with E-state index in [0.717, 1.165) is 10.6 Å². The third-order valence-electron chi connectivity index (χ3n) is 1.39. The number of carbonyl (C=O) groups is 2. The molecule has 0 spiro atoms. The van der Waals surface area contributed by atoms with Gasteiger partial charge in [-0.25, -0.2) is 0 Å². The number of carbonyl (C=O) groups excluding carboxylic acids is 2. The van der Waals surface area contributed by atoms with Crippen molar-refractivity contribution in [3.8, 4) is 0 Å². The molecule has 2 amide bonds. The summed E-state index contributed by atoms with van der Waals surface area (Å²) < 4.78 is 2.60. The van der Waals surface area contributed by atoms with Crippen LogP contribution in [-0.2, 0) is 9.59 Å². The molecule has 1 aromatic rings. The lowest BCUT2D eigenvalue weighted by Crippen LogP contribution is -2.09. The lowest BCUT2D eigenvalue weighted by molar-refractivity contribution is -0.117. The van der Waals surface area contributed by atoms with Crippen molar-refractivity contribution in [2.45, 2.75) is 11.8 Å². The smallest absolute Gasteiger partial charge is 0.226 e. The molecule has 0 bridgehead atoms. The van der Waals surface area contributed by atoms with Gasteiger partial charge in [0.15, 0.2) is 0 Å². The van der Waals surface area contributed by atoms with Crippen LogP contribution in [0.1, 0.15) is 6.92 Å².